The van der Waals surface area contributed by atoms with Crippen LogP contribution in [-0.2, 0) is 6.18 Å². The number of allylic oxidation sites excluding steroid dienone is 1. The predicted molar refractivity (Wildman–Crippen MR) is 103 cm³/mol. The third-order valence-electron chi connectivity index (χ3n) is 4.89. The lowest BCUT2D eigenvalue weighted by Crippen LogP contribution is -2.45. The molecule has 0 bridgehead atoms. The number of hydrogen-bond donors (Lipinski definition) is 1. The van der Waals surface area contributed by atoms with Crippen LogP contribution in [0.3, 0.4) is 0 Å². The van der Waals surface area contributed by atoms with Crippen molar-refractivity contribution in [3.05, 3.63) is 53.1 Å². The Morgan fingerprint density at radius 2 is 1.97 bits per heavy atom. The minimum Gasteiger partial charge on any atom is -0.348 e. The van der Waals surface area contributed by atoms with Crippen LogP contribution >= 0.6 is 0 Å². The molecule has 1 saturated heterocycles. The number of halogens is 4. The summed E-state index contributed by atoms with van der Waals surface area (Å²) in [6, 6.07) is 4.27. The molecule has 1 aliphatic heterocycles. The number of carbonyl (C=O) groups is 1. The highest BCUT2D eigenvalue weighted by Gasteiger charge is 2.42. The molecule has 0 atom stereocenters. The van der Waals surface area contributed by atoms with E-state index in [4.69, 9.17) is 0 Å². The van der Waals surface area contributed by atoms with E-state index in [1.165, 1.54) is 17.7 Å². The van der Waals surface area contributed by atoms with Gasteiger partial charge in [-0.2, -0.15) is 13.2 Å². The maximum atomic E-state index is 13.7. The molecule has 162 valence electrons. The first-order valence-electron chi connectivity index (χ1n) is 9.60. The molecule has 1 aromatic carbocycles. The van der Waals surface area contributed by atoms with Crippen LogP contribution in [0.5, 0.6) is 0 Å². The Morgan fingerprint density at radius 1 is 1.27 bits per heavy atom. The second-order valence-corrected chi connectivity index (χ2v) is 7.51. The topological polar surface area (TPSA) is 63.1 Å². The van der Waals surface area contributed by atoms with Gasteiger partial charge in [-0.3, -0.25) is 9.69 Å². The first-order chi connectivity index (χ1) is 14.1. The number of rotatable bonds is 5. The molecule has 1 N–H and O–H groups in total. The van der Waals surface area contributed by atoms with Gasteiger partial charge in [0.2, 0.25) is 0 Å². The molecule has 1 amide bonds. The van der Waals surface area contributed by atoms with Crippen molar-refractivity contribution in [2.75, 3.05) is 19.6 Å². The molecule has 10 heteroatoms. The predicted octanol–water partition coefficient (Wildman–Crippen LogP) is 3.59. The van der Waals surface area contributed by atoms with Crippen LogP contribution in [0.1, 0.15) is 42.9 Å². The molecule has 2 aromatic rings. The molecule has 30 heavy (non-hydrogen) atoms. The second kappa shape index (κ2) is 8.95. The van der Waals surface area contributed by atoms with Crippen molar-refractivity contribution in [3.8, 4) is 5.69 Å². The Kier molecular flexibility index (Phi) is 6.55. The Balaban J connectivity index is 1.75. The first kappa shape index (κ1) is 21.9. The minimum absolute atomic E-state index is 0.165. The van der Waals surface area contributed by atoms with E-state index in [0.29, 0.717) is 17.5 Å². The van der Waals surface area contributed by atoms with E-state index in [1.54, 1.807) is 0 Å². The van der Waals surface area contributed by atoms with E-state index in [-0.39, 0.29) is 11.7 Å². The molecule has 2 heterocycles. The molecule has 0 aliphatic carbocycles. The number of nitrogens with one attached hydrogen (secondary N) is 1. The smallest absolute Gasteiger partial charge is 0.348 e. The number of likely N-dealkylation sites (tertiary alicyclic amines) is 1. The number of benzene rings is 1. The Hall–Kier alpha value is -2.75. The summed E-state index contributed by atoms with van der Waals surface area (Å²) in [5, 5.41) is 9.56. The van der Waals surface area contributed by atoms with Gasteiger partial charge in [0.25, 0.3) is 5.91 Å². The van der Waals surface area contributed by atoms with Gasteiger partial charge in [0.1, 0.15) is 5.82 Å². The van der Waals surface area contributed by atoms with Crippen LogP contribution in [0, 0.1) is 5.82 Å². The van der Waals surface area contributed by atoms with Crippen molar-refractivity contribution in [3.63, 3.8) is 0 Å². The van der Waals surface area contributed by atoms with Gasteiger partial charge >= 0.3 is 6.18 Å². The monoisotopic (exact) mass is 425 g/mol. The molecule has 3 rings (SSSR count). The minimum atomic E-state index is -4.89. The molecule has 0 saturated carbocycles. The number of nitrogens with zero attached hydrogens (tertiary/aromatic N) is 4. The average molecular weight is 425 g/mol. The van der Waals surface area contributed by atoms with Gasteiger partial charge in [-0.15, -0.1) is 5.10 Å². The third kappa shape index (κ3) is 5.24. The fourth-order valence-electron chi connectivity index (χ4n) is 3.30. The Morgan fingerprint density at radius 3 is 2.57 bits per heavy atom. The van der Waals surface area contributed by atoms with Gasteiger partial charge < -0.3 is 5.32 Å². The zero-order valence-electron chi connectivity index (χ0n) is 16.7. The zero-order chi connectivity index (χ0) is 21.9. The standard InChI is InChI=1S/C20H23F4N5O/c1-13(2)6-9-28-10-7-15(8-11-28)25-19(30)17-18(20(22,23)24)29(27-26-17)16-5-3-4-14(21)12-16/h3-6,12,15H,7-11H2,1-2H3,(H,25,30). The molecule has 1 aromatic heterocycles. The number of aromatic nitrogens is 3. The van der Waals surface area contributed by atoms with Crippen LogP contribution in [0.2, 0.25) is 0 Å². The van der Waals surface area contributed by atoms with Gasteiger partial charge in [-0.05, 0) is 44.9 Å². The summed E-state index contributed by atoms with van der Waals surface area (Å²) in [6.45, 7) is 6.31. The third-order valence-corrected chi connectivity index (χ3v) is 4.89. The van der Waals surface area contributed by atoms with Crippen LogP contribution in [-0.4, -0.2) is 51.5 Å². The summed E-state index contributed by atoms with van der Waals surface area (Å²) in [5.41, 5.74) is -1.10. The van der Waals surface area contributed by atoms with Crippen LogP contribution in [0.15, 0.2) is 35.9 Å². The molecular formula is C20H23F4N5O. The molecule has 0 spiro atoms. The highest BCUT2D eigenvalue weighted by molar-refractivity contribution is 5.93. The van der Waals surface area contributed by atoms with Gasteiger partial charge in [-0.25, -0.2) is 9.07 Å². The molecule has 1 fully saturated rings. The lowest BCUT2D eigenvalue weighted by Gasteiger charge is -2.31. The summed E-state index contributed by atoms with van der Waals surface area (Å²) in [5.74, 6) is -1.66. The van der Waals surface area contributed by atoms with Gasteiger partial charge in [0.05, 0.1) is 5.69 Å². The molecule has 6 nitrogen and oxygen atoms in total. The normalized spacial score (nSPS) is 15.8. The molecule has 0 radical (unpaired) electrons. The second-order valence-electron chi connectivity index (χ2n) is 7.51. The van der Waals surface area contributed by atoms with Crippen molar-refractivity contribution in [2.24, 2.45) is 0 Å². The Labute approximate surface area is 171 Å². The maximum Gasteiger partial charge on any atom is 0.435 e. The van der Waals surface area contributed by atoms with Gasteiger partial charge in [-0.1, -0.05) is 22.9 Å². The lowest BCUT2D eigenvalue weighted by atomic mass is 10.0. The number of alkyl halides is 3. The van der Waals surface area contributed by atoms with Gasteiger partial charge in [0.15, 0.2) is 11.4 Å². The highest BCUT2D eigenvalue weighted by Crippen LogP contribution is 2.33. The quantitative estimate of drug-likeness (QED) is 0.588. The van der Waals surface area contributed by atoms with E-state index >= 15 is 0 Å². The van der Waals surface area contributed by atoms with E-state index in [0.717, 1.165) is 31.8 Å². The van der Waals surface area contributed by atoms with E-state index < -0.39 is 29.3 Å². The van der Waals surface area contributed by atoms with Crippen molar-refractivity contribution < 1.29 is 22.4 Å². The van der Waals surface area contributed by atoms with Crippen molar-refractivity contribution in [2.45, 2.75) is 38.9 Å². The van der Waals surface area contributed by atoms with Crippen molar-refractivity contribution >= 4 is 5.91 Å². The SMILES string of the molecule is CC(C)=CCN1CCC(NC(=O)c2nnn(-c3cccc(F)c3)c2C(F)(F)F)CC1. The lowest BCUT2D eigenvalue weighted by molar-refractivity contribution is -0.143. The summed E-state index contributed by atoms with van der Waals surface area (Å²) in [7, 11) is 0. The van der Waals surface area contributed by atoms with E-state index in [9.17, 15) is 22.4 Å². The summed E-state index contributed by atoms with van der Waals surface area (Å²) >= 11 is 0. The van der Waals surface area contributed by atoms with E-state index in [2.05, 4.69) is 26.6 Å². The van der Waals surface area contributed by atoms with Gasteiger partial charge in [0, 0.05) is 25.7 Å². The van der Waals surface area contributed by atoms with E-state index in [1.807, 2.05) is 13.8 Å². The first-order valence-corrected chi connectivity index (χ1v) is 9.60. The summed E-state index contributed by atoms with van der Waals surface area (Å²) in [4.78, 5) is 14.8. The molecular weight excluding hydrogens is 402 g/mol. The highest BCUT2D eigenvalue weighted by atomic mass is 19.4. The summed E-state index contributed by atoms with van der Waals surface area (Å²) < 4.78 is 54.9. The molecule has 1 aliphatic rings. The maximum absolute atomic E-state index is 13.7. The fraction of sp³-hybridized carbons (Fsp3) is 0.450. The number of amides is 1. The molecule has 0 unspecified atom stereocenters. The number of carbonyl (C=O) groups excluding carboxylic acids is 1. The fourth-order valence-corrected chi connectivity index (χ4v) is 3.30. The van der Waals surface area contributed by atoms with Crippen molar-refractivity contribution in [1.29, 1.82) is 0 Å². The largest absolute Gasteiger partial charge is 0.435 e. The van der Waals surface area contributed by atoms with Crippen molar-refractivity contribution in [1.82, 2.24) is 25.2 Å². The summed E-state index contributed by atoms with van der Waals surface area (Å²) in [6.07, 6.45) is -1.53. The average Bonchev–Trinajstić information content (AvgIpc) is 3.13. The Bertz CT molecular complexity index is 926. The number of piperidine rings is 1. The number of hydrogen-bond acceptors (Lipinski definition) is 4. The zero-order valence-corrected chi connectivity index (χ0v) is 16.7. The van der Waals surface area contributed by atoms with Crippen LogP contribution in [0.4, 0.5) is 17.6 Å². The van der Waals surface area contributed by atoms with Crippen LogP contribution in [0.25, 0.3) is 5.69 Å². The van der Waals surface area contributed by atoms with Crippen LogP contribution < -0.4 is 5.32 Å².